The lowest BCUT2D eigenvalue weighted by Crippen LogP contribution is -1.99. The quantitative estimate of drug-likeness (QED) is 0.365. The normalized spacial score (nSPS) is 12.5. The zero-order valence-corrected chi connectivity index (χ0v) is 4.96. The van der Waals surface area contributed by atoms with E-state index >= 15 is 0 Å². The van der Waals surface area contributed by atoms with Gasteiger partial charge in [0.05, 0.1) is 0 Å². The van der Waals surface area contributed by atoms with Gasteiger partial charge in [0, 0.05) is 20.3 Å². The Kier molecular flexibility index (Phi) is 3.66. The fraction of sp³-hybridized carbons (Fsp3) is 0.400. The van der Waals surface area contributed by atoms with Gasteiger partial charge in [-0.15, -0.1) is 0 Å². The molecule has 0 aromatic carbocycles. The summed E-state index contributed by atoms with van der Waals surface area (Å²) in [6.45, 7) is 0. The molecular weight excluding hydrogens is 104 g/mol. The van der Waals surface area contributed by atoms with Crippen molar-refractivity contribution >= 4 is 18.2 Å². The molecule has 0 aromatic rings. The number of hydrogen-bond donors (Lipinski definition) is 0. The molecule has 0 saturated heterocycles. The van der Waals surface area contributed by atoms with E-state index in [0.29, 0.717) is 12.0 Å². The monoisotopic (exact) mass is 112 g/mol. The summed E-state index contributed by atoms with van der Waals surface area (Å²) in [6.07, 6.45) is 2.07. The van der Waals surface area contributed by atoms with Gasteiger partial charge in [0.2, 0.25) is 0 Å². The van der Waals surface area contributed by atoms with Crippen LogP contribution in [0.3, 0.4) is 0 Å². The molecule has 0 rings (SSSR count). The van der Waals surface area contributed by atoms with Crippen LogP contribution in [0.15, 0.2) is 9.98 Å². The fourth-order valence-electron chi connectivity index (χ4n) is 0.273. The Morgan fingerprint density at radius 1 is 1.50 bits per heavy atom. The standard InChI is InChI=1S/C5H8N2O/c1-6-3-5(4-8)7-2/h3-4H,1-2H3. The van der Waals surface area contributed by atoms with Crippen LogP contribution in [0.5, 0.6) is 0 Å². The highest BCUT2D eigenvalue weighted by Gasteiger charge is 1.83. The summed E-state index contributed by atoms with van der Waals surface area (Å²) in [5.74, 6) is 0. The summed E-state index contributed by atoms with van der Waals surface area (Å²) in [4.78, 5) is 17.1. The van der Waals surface area contributed by atoms with Crippen molar-refractivity contribution in [2.45, 2.75) is 0 Å². The van der Waals surface area contributed by atoms with E-state index in [1.54, 1.807) is 14.1 Å². The summed E-state index contributed by atoms with van der Waals surface area (Å²) >= 11 is 0. The average molecular weight is 112 g/mol. The Balaban J connectivity index is 3.91. The summed E-state index contributed by atoms with van der Waals surface area (Å²) in [5.41, 5.74) is 0.368. The van der Waals surface area contributed by atoms with Crippen LogP contribution < -0.4 is 0 Å². The molecule has 0 fully saturated rings. The molecule has 0 spiro atoms. The maximum absolute atomic E-state index is 9.90. The lowest BCUT2D eigenvalue weighted by atomic mass is 10.4. The fourth-order valence-corrected chi connectivity index (χ4v) is 0.273. The van der Waals surface area contributed by atoms with Crippen LogP contribution >= 0.6 is 0 Å². The first-order valence-corrected chi connectivity index (χ1v) is 2.19. The van der Waals surface area contributed by atoms with E-state index in [9.17, 15) is 4.79 Å². The lowest BCUT2D eigenvalue weighted by Gasteiger charge is -1.79. The minimum atomic E-state index is 0.368. The summed E-state index contributed by atoms with van der Waals surface area (Å²) in [7, 11) is 3.14. The molecule has 3 heteroatoms. The van der Waals surface area contributed by atoms with E-state index in [-0.39, 0.29) is 0 Å². The Labute approximate surface area is 48.2 Å². The smallest absolute Gasteiger partial charge is 0.169 e. The van der Waals surface area contributed by atoms with Crippen molar-refractivity contribution in [3.63, 3.8) is 0 Å². The average Bonchev–Trinajstić information content (AvgIpc) is 1.83. The van der Waals surface area contributed by atoms with Crippen LogP contribution in [-0.4, -0.2) is 32.3 Å². The molecule has 0 unspecified atom stereocenters. The van der Waals surface area contributed by atoms with Crippen LogP contribution in [0.2, 0.25) is 0 Å². The molecular formula is C5H8N2O. The highest BCUT2D eigenvalue weighted by atomic mass is 16.1. The zero-order valence-electron chi connectivity index (χ0n) is 4.96. The Bertz CT molecular complexity index is 126. The molecule has 0 radical (unpaired) electrons. The third kappa shape index (κ3) is 2.23. The molecule has 0 saturated carbocycles. The van der Waals surface area contributed by atoms with Gasteiger partial charge in [0.25, 0.3) is 0 Å². The molecule has 3 nitrogen and oxygen atoms in total. The van der Waals surface area contributed by atoms with Crippen LogP contribution in [0.1, 0.15) is 0 Å². The second-order valence-electron chi connectivity index (χ2n) is 1.15. The topological polar surface area (TPSA) is 41.8 Å². The van der Waals surface area contributed by atoms with Crippen molar-refractivity contribution in [1.82, 2.24) is 0 Å². The van der Waals surface area contributed by atoms with Crippen LogP contribution in [0, 0.1) is 0 Å². The zero-order chi connectivity index (χ0) is 6.41. The number of hydrogen-bond acceptors (Lipinski definition) is 3. The van der Waals surface area contributed by atoms with E-state index < -0.39 is 0 Å². The molecule has 0 atom stereocenters. The highest BCUT2D eigenvalue weighted by molar-refractivity contribution is 6.54. The van der Waals surface area contributed by atoms with Gasteiger partial charge in [-0.2, -0.15) is 0 Å². The van der Waals surface area contributed by atoms with Gasteiger partial charge in [-0.25, -0.2) is 0 Å². The first kappa shape index (κ1) is 7.01. The van der Waals surface area contributed by atoms with Crippen molar-refractivity contribution in [2.75, 3.05) is 14.1 Å². The number of carbonyl (C=O) groups is 1. The second kappa shape index (κ2) is 4.18. The van der Waals surface area contributed by atoms with Gasteiger partial charge in [0.15, 0.2) is 6.29 Å². The molecule has 0 heterocycles. The Morgan fingerprint density at radius 3 is 2.25 bits per heavy atom. The van der Waals surface area contributed by atoms with Crippen LogP contribution in [-0.2, 0) is 4.79 Å². The molecule has 8 heavy (non-hydrogen) atoms. The van der Waals surface area contributed by atoms with Gasteiger partial charge in [0.1, 0.15) is 5.71 Å². The van der Waals surface area contributed by atoms with E-state index in [4.69, 9.17) is 0 Å². The van der Waals surface area contributed by atoms with E-state index in [1.165, 1.54) is 6.21 Å². The van der Waals surface area contributed by atoms with Gasteiger partial charge in [-0.05, 0) is 0 Å². The number of aldehydes is 1. The predicted octanol–water partition coefficient (Wildman–Crippen LogP) is -0.0433. The second-order valence-corrected chi connectivity index (χ2v) is 1.15. The van der Waals surface area contributed by atoms with E-state index in [0.717, 1.165) is 0 Å². The minimum absolute atomic E-state index is 0.368. The maximum atomic E-state index is 9.90. The molecule has 0 aliphatic heterocycles. The summed E-state index contributed by atoms with van der Waals surface area (Å²) < 4.78 is 0. The van der Waals surface area contributed by atoms with Crippen LogP contribution in [0.25, 0.3) is 0 Å². The Hall–Kier alpha value is -0.990. The Morgan fingerprint density at radius 2 is 2.12 bits per heavy atom. The first-order chi connectivity index (χ1) is 3.85. The van der Waals surface area contributed by atoms with Crippen molar-refractivity contribution in [3.05, 3.63) is 0 Å². The molecule has 0 aromatic heterocycles. The number of aliphatic imine (C=N–C) groups is 2. The third-order valence-electron chi connectivity index (χ3n) is 0.640. The van der Waals surface area contributed by atoms with E-state index in [1.807, 2.05) is 0 Å². The molecule has 44 valence electrons. The highest BCUT2D eigenvalue weighted by Crippen LogP contribution is 1.63. The molecule has 0 N–H and O–H groups in total. The van der Waals surface area contributed by atoms with Crippen LogP contribution in [0.4, 0.5) is 0 Å². The lowest BCUT2D eigenvalue weighted by molar-refractivity contribution is -0.102. The SMILES string of the molecule is CN=CC(C=O)=NC. The molecule has 0 aliphatic carbocycles. The van der Waals surface area contributed by atoms with E-state index in [2.05, 4.69) is 9.98 Å². The third-order valence-corrected chi connectivity index (χ3v) is 0.640. The molecule has 0 aliphatic rings. The van der Waals surface area contributed by atoms with Crippen molar-refractivity contribution in [3.8, 4) is 0 Å². The van der Waals surface area contributed by atoms with Gasteiger partial charge >= 0.3 is 0 Å². The number of nitrogens with zero attached hydrogens (tertiary/aromatic N) is 2. The minimum Gasteiger partial charge on any atom is -0.296 e. The summed E-state index contributed by atoms with van der Waals surface area (Å²) in [5, 5.41) is 0. The summed E-state index contributed by atoms with van der Waals surface area (Å²) in [6, 6.07) is 0. The number of rotatable bonds is 2. The van der Waals surface area contributed by atoms with Crippen molar-refractivity contribution in [2.24, 2.45) is 9.98 Å². The van der Waals surface area contributed by atoms with Gasteiger partial charge in [-0.3, -0.25) is 14.8 Å². The number of carbonyl (C=O) groups excluding carboxylic acids is 1. The van der Waals surface area contributed by atoms with Gasteiger partial charge in [-0.1, -0.05) is 0 Å². The molecule has 0 bridgehead atoms. The van der Waals surface area contributed by atoms with Crippen molar-refractivity contribution in [1.29, 1.82) is 0 Å². The maximum Gasteiger partial charge on any atom is 0.169 e. The predicted molar refractivity (Wildman–Crippen MR) is 33.8 cm³/mol. The first-order valence-electron chi connectivity index (χ1n) is 2.19. The van der Waals surface area contributed by atoms with Crippen molar-refractivity contribution < 1.29 is 4.79 Å². The molecule has 0 amide bonds. The largest absolute Gasteiger partial charge is 0.296 e. The van der Waals surface area contributed by atoms with Gasteiger partial charge < -0.3 is 0 Å².